The van der Waals surface area contributed by atoms with Crippen LogP contribution in [0.3, 0.4) is 0 Å². The number of amides is 2. The number of piperidine rings is 1. The van der Waals surface area contributed by atoms with Gasteiger partial charge in [0.15, 0.2) is 0 Å². The first-order valence-electron chi connectivity index (χ1n) is 10.7. The van der Waals surface area contributed by atoms with Crippen LogP contribution in [0.1, 0.15) is 42.8 Å². The van der Waals surface area contributed by atoms with Crippen molar-refractivity contribution in [2.24, 2.45) is 0 Å². The number of carbonyl (C=O) groups excluding carboxylic acids is 1. The number of anilines is 2. The van der Waals surface area contributed by atoms with Crippen LogP contribution in [-0.2, 0) is 19.5 Å². The van der Waals surface area contributed by atoms with Crippen LogP contribution in [0.15, 0.2) is 12.5 Å². The molecule has 32 heavy (non-hydrogen) atoms. The first-order chi connectivity index (χ1) is 15.3. The van der Waals surface area contributed by atoms with E-state index in [1.165, 1.54) is 6.33 Å². The molecule has 0 saturated carbocycles. The van der Waals surface area contributed by atoms with Crippen LogP contribution in [0.2, 0.25) is 0 Å². The number of alkyl halides is 3. The molecular weight excluding hydrogens is 427 g/mol. The van der Waals surface area contributed by atoms with Crippen molar-refractivity contribution in [2.75, 3.05) is 36.5 Å². The van der Waals surface area contributed by atoms with Crippen molar-refractivity contribution in [3.63, 3.8) is 0 Å². The first kappa shape index (κ1) is 22.3. The van der Waals surface area contributed by atoms with Gasteiger partial charge in [-0.3, -0.25) is 5.32 Å². The van der Waals surface area contributed by atoms with E-state index < -0.39 is 18.8 Å². The Labute approximate surface area is 183 Å². The Bertz CT molecular complexity index is 971. The number of aryl methyl sites for hydroxylation is 1. The first-order valence-corrected chi connectivity index (χ1v) is 10.7. The highest BCUT2D eigenvalue weighted by atomic mass is 19.4. The Balaban J connectivity index is 1.50. The highest BCUT2D eigenvalue weighted by Crippen LogP contribution is 2.34. The molecule has 2 aliphatic heterocycles. The van der Waals surface area contributed by atoms with Crippen LogP contribution in [0.4, 0.5) is 29.6 Å². The van der Waals surface area contributed by atoms with E-state index in [2.05, 4.69) is 15.3 Å². The van der Waals surface area contributed by atoms with Gasteiger partial charge in [-0.2, -0.15) is 13.2 Å². The van der Waals surface area contributed by atoms with E-state index in [-0.39, 0.29) is 24.9 Å². The van der Waals surface area contributed by atoms with E-state index in [1.54, 1.807) is 0 Å². The number of urea groups is 1. The lowest BCUT2D eigenvalue weighted by molar-refractivity contribution is -0.140. The summed E-state index contributed by atoms with van der Waals surface area (Å²) < 4.78 is 40.6. The molecule has 0 atom stereocenters. The minimum Gasteiger partial charge on any atom is -0.395 e. The molecule has 2 N–H and O–H groups in total. The molecule has 1 fully saturated rings. The van der Waals surface area contributed by atoms with E-state index in [1.807, 2.05) is 22.6 Å². The fourth-order valence-corrected chi connectivity index (χ4v) is 4.33. The Morgan fingerprint density at radius 2 is 2.00 bits per heavy atom. The van der Waals surface area contributed by atoms with Crippen molar-refractivity contribution in [3.8, 4) is 0 Å². The summed E-state index contributed by atoms with van der Waals surface area (Å²) in [5.41, 5.74) is 1.48. The molecule has 0 radical (unpaired) electrons. The normalized spacial score (nSPS) is 17.5. The molecule has 4 heterocycles. The third-order valence-corrected chi connectivity index (χ3v) is 5.87. The van der Waals surface area contributed by atoms with Crippen LogP contribution in [0.25, 0.3) is 0 Å². The van der Waals surface area contributed by atoms with Crippen molar-refractivity contribution in [2.45, 2.75) is 51.4 Å². The molecule has 2 amide bonds. The molecule has 0 spiro atoms. The molecular formula is C20H26F3N7O2. The van der Waals surface area contributed by atoms with E-state index in [0.29, 0.717) is 31.0 Å². The summed E-state index contributed by atoms with van der Waals surface area (Å²) in [6.07, 6.45) is 1.22. The van der Waals surface area contributed by atoms with Gasteiger partial charge in [0.2, 0.25) is 0 Å². The van der Waals surface area contributed by atoms with Crippen LogP contribution in [0.5, 0.6) is 0 Å². The molecule has 12 heteroatoms. The number of fused-ring (bicyclic) bond motifs is 1. The van der Waals surface area contributed by atoms with Gasteiger partial charge >= 0.3 is 12.2 Å². The summed E-state index contributed by atoms with van der Waals surface area (Å²) in [5.74, 6) is 1.99. The summed E-state index contributed by atoms with van der Waals surface area (Å²) in [4.78, 5) is 27.9. The zero-order chi connectivity index (χ0) is 22.9. The second-order valence-electron chi connectivity index (χ2n) is 8.05. The van der Waals surface area contributed by atoms with Gasteiger partial charge in [-0.15, -0.1) is 0 Å². The number of hydrogen-bond acceptors (Lipinski definition) is 6. The topological polar surface area (TPSA) is 99.4 Å². The number of hydrogen-bond donors (Lipinski definition) is 2. The summed E-state index contributed by atoms with van der Waals surface area (Å²) in [7, 11) is 0. The maximum absolute atomic E-state index is 12.9. The lowest BCUT2D eigenvalue weighted by Gasteiger charge is -2.36. The number of aliphatic hydroxyl groups is 1. The average molecular weight is 453 g/mol. The average Bonchev–Trinajstić information content (AvgIpc) is 3.16. The number of aliphatic hydroxyl groups excluding tert-OH is 1. The van der Waals surface area contributed by atoms with Gasteiger partial charge in [0, 0.05) is 31.7 Å². The standard InChI is InChI=1S/C20H26F3N7O2/c1-2-14-9-29(7-8-31)17(26-14)13-3-5-28(6-4-13)18-15-10-30(11-20(21,22)23)19(32)27-16(15)24-12-25-18/h9,12-13,31H,2-8,10-11H2,1H3,(H,24,25,27,32). The van der Waals surface area contributed by atoms with E-state index in [9.17, 15) is 23.1 Å². The van der Waals surface area contributed by atoms with Crippen LogP contribution in [0, 0.1) is 0 Å². The fraction of sp³-hybridized carbons (Fsp3) is 0.600. The SMILES string of the molecule is CCc1cn(CCO)c(C2CCN(c3ncnc4c3CN(CC(F)(F)F)C(=O)N4)CC2)n1. The maximum atomic E-state index is 12.9. The predicted octanol–water partition coefficient (Wildman–Crippen LogP) is 2.52. The molecule has 2 aromatic rings. The molecule has 2 aromatic heterocycles. The second kappa shape index (κ2) is 8.93. The zero-order valence-corrected chi connectivity index (χ0v) is 17.8. The predicted molar refractivity (Wildman–Crippen MR) is 110 cm³/mol. The Hall–Kier alpha value is -2.89. The molecule has 0 bridgehead atoms. The molecule has 174 valence electrons. The van der Waals surface area contributed by atoms with Gasteiger partial charge in [0.05, 0.1) is 24.4 Å². The van der Waals surface area contributed by atoms with Crippen LogP contribution < -0.4 is 10.2 Å². The molecule has 9 nitrogen and oxygen atoms in total. The minimum absolute atomic E-state index is 0.0403. The van der Waals surface area contributed by atoms with Crippen molar-refractivity contribution in [1.29, 1.82) is 0 Å². The van der Waals surface area contributed by atoms with Crippen molar-refractivity contribution in [1.82, 2.24) is 24.4 Å². The molecule has 4 rings (SSSR count). The number of nitrogens with one attached hydrogen (secondary N) is 1. The van der Waals surface area contributed by atoms with Gasteiger partial charge < -0.3 is 19.5 Å². The summed E-state index contributed by atoms with van der Waals surface area (Å²) in [5, 5.41) is 11.8. The highest BCUT2D eigenvalue weighted by molar-refractivity contribution is 5.92. The summed E-state index contributed by atoms with van der Waals surface area (Å²) in [6, 6.07) is -0.819. The summed E-state index contributed by atoms with van der Waals surface area (Å²) in [6.45, 7) is 2.34. The van der Waals surface area contributed by atoms with E-state index >= 15 is 0 Å². The fourth-order valence-electron chi connectivity index (χ4n) is 4.33. The Kier molecular flexibility index (Phi) is 6.22. The largest absolute Gasteiger partial charge is 0.406 e. The van der Waals surface area contributed by atoms with Gasteiger partial charge in [-0.1, -0.05) is 6.92 Å². The quantitative estimate of drug-likeness (QED) is 0.698. The van der Waals surface area contributed by atoms with E-state index in [4.69, 9.17) is 4.98 Å². The number of rotatable bonds is 6. The van der Waals surface area contributed by atoms with Crippen LogP contribution in [-0.4, -0.2) is 68.0 Å². The second-order valence-corrected chi connectivity index (χ2v) is 8.05. The van der Waals surface area contributed by atoms with Gasteiger partial charge in [0.25, 0.3) is 0 Å². The number of carbonyl (C=O) groups is 1. The van der Waals surface area contributed by atoms with Crippen LogP contribution >= 0.6 is 0 Å². The zero-order valence-electron chi connectivity index (χ0n) is 17.8. The Morgan fingerprint density at radius 1 is 1.25 bits per heavy atom. The number of nitrogens with zero attached hydrogens (tertiary/aromatic N) is 6. The highest BCUT2D eigenvalue weighted by Gasteiger charge is 2.37. The molecule has 0 aromatic carbocycles. The number of imidazole rings is 1. The molecule has 0 aliphatic carbocycles. The molecule has 0 unspecified atom stereocenters. The van der Waals surface area contributed by atoms with Crippen molar-refractivity contribution in [3.05, 3.63) is 29.6 Å². The van der Waals surface area contributed by atoms with Crippen molar-refractivity contribution >= 4 is 17.7 Å². The monoisotopic (exact) mass is 453 g/mol. The Morgan fingerprint density at radius 3 is 2.66 bits per heavy atom. The lowest BCUT2D eigenvalue weighted by Crippen LogP contribution is -2.45. The maximum Gasteiger partial charge on any atom is 0.406 e. The minimum atomic E-state index is -4.49. The molecule has 2 aliphatic rings. The third kappa shape index (κ3) is 4.64. The smallest absolute Gasteiger partial charge is 0.395 e. The van der Waals surface area contributed by atoms with Gasteiger partial charge in [-0.05, 0) is 19.3 Å². The third-order valence-electron chi connectivity index (χ3n) is 5.87. The lowest BCUT2D eigenvalue weighted by atomic mass is 9.95. The van der Waals surface area contributed by atoms with Crippen molar-refractivity contribution < 1.29 is 23.1 Å². The summed E-state index contributed by atoms with van der Waals surface area (Å²) >= 11 is 0. The number of halogens is 3. The number of aromatic nitrogens is 4. The molecule has 1 saturated heterocycles. The van der Waals surface area contributed by atoms with Gasteiger partial charge in [-0.25, -0.2) is 19.7 Å². The van der Waals surface area contributed by atoms with Gasteiger partial charge in [0.1, 0.15) is 30.3 Å². The van der Waals surface area contributed by atoms with E-state index in [0.717, 1.165) is 35.7 Å².